The molecule has 0 bridgehead atoms. The Hall–Kier alpha value is -3.34. The number of nitrogens with one attached hydrogen (secondary N) is 1. The van der Waals surface area contributed by atoms with Crippen LogP contribution in [0, 0.1) is 11.6 Å². The summed E-state index contributed by atoms with van der Waals surface area (Å²) >= 11 is 0. The molecule has 32 heavy (non-hydrogen) atoms. The Morgan fingerprint density at radius 3 is 2.34 bits per heavy atom. The molecule has 0 aromatic heterocycles. The molecule has 168 valence electrons. The van der Waals surface area contributed by atoms with E-state index in [9.17, 15) is 26.8 Å². The van der Waals surface area contributed by atoms with Gasteiger partial charge in [-0.3, -0.25) is 19.3 Å². The van der Waals surface area contributed by atoms with E-state index in [4.69, 9.17) is 0 Å². The van der Waals surface area contributed by atoms with E-state index in [1.165, 1.54) is 17.0 Å². The molecule has 2 aromatic carbocycles. The molecule has 2 aromatic rings. The standard InChI is InChI=1S/C21H20F2N4O4S/c1-13(24-19-15-4-2-3-5-18(15)32(30,31)25-19)20(28)26-8-10-27(11-9-26)21(29)14-6-7-16(22)17(23)12-14/h2-7,12-13H,8-11H2,1H3,(H,24,25)/t13-/m0/s1. The smallest absolute Gasteiger partial charge is 0.263 e. The van der Waals surface area contributed by atoms with E-state index in [1.807, 2.05) is 0 Å². The Labute approximate surface area is 183 Å². The zero-order valence-corrected chi connectivity index (χ0v) is 17.9. The number of rotatable bonds is 3. The number of halogens is 2. The third-order valence-corrected chi connectivity index (χ3v) is 6.79. The summed E-state index contributed by atoms with van der Waals surface area (Å²) in [4.78, 5) is 32.8. The van der Waals surface area contributed by atoms with Crippen LogP contribution in [0.1, 0.15) is 22.8 Å². The highest BCUT2D eigenvalue weighted by atomic mass is 32.2. The molecule has 2 aliphatic heterocycles. The van der Waals surface area contributed by atoms with Gasteiger partial charge in [0, 0.05) is 37.3 Å². The summed E-state index contributed by atoms with van der Waals surface area (Å²) in [6, 6.07) is 8.51. The van der Waals surface area contributed by atoms with E-state index < -0.39 is 33.6 Å². The van der Waals surface area contributed by atoms with Crippen molar-refractivity contribution in [3.63, 3.8) is 0 Å². The fraction of sp³-hybridized carbons (Fsp3) is 0.286. The van der Waals surface area contributed by atoms with Gasteiger partial charge in [-0.1, -0.05) is 12.1 Å². The Balaban J connectivity index is 1.41. The van der Waals surface area contributed by atoms with Gasteiger partial charge in [0.15, 0.2) is 11.6 Å². The first-order chi connectivity index (χ1) is 15.2. The van der Waals surface area contributed by atoms with Gasteiger partial charge >= 0.3 is 0 Å². The zero-order chi connectivity index (χ0) is 23.0. The van der Waals surface area contributed by atoms with Gasteiger partial charge in [-0.2, -0.15) is 0 Å². The molecular weight excluding hydrogens is 442 g/mol. The second-order valence-electron chi connectivity index (χ2n) is 7.50. The first kappa shape index (κ1) is 21.9. The molecule has 0 unspecified atom stereocenters. The van der Waals surface area contributed by atoms with Crippen LogP contribution < -0.4 is 4.72 Å². The Morgan fingerprint density at radius 1 is 1.00 bits per heavy atom. The van der Waals surface area contributed by atoms with E-state index in [0.29, 0.717) is 5.56 Å². The van der Waals surface area contributed by atoms with Crippen molar-refractivity contribution in [1.29, 1.82) is 0 Å². The van der Waals surface area contributed by atoms with Gasteiger partial charge < -0.3 is 9.80 Å². The average molecular weight is 462 g/mol. The highest BCUT2D eigenvalue weighted by Gasteiger charge is 2.32. The Bertz CT molecular complexity index is 1220. The van der Waals surface area contributed by atoms with Crippen LogP contribution >= 0.6 is 0 Å². The highest BCUT2D eigenvalue weighted by molar-refractivity contribution is 7.90. The SMILES string of the molecule is C[C@H](N=C1NS(=O)(=O)c2ccccc21)C(=O)N1CCN(C(=O)c2ccc(F)c(F)c2)CC1. The topological polar surface area (TPSA) is 99.1 Å². The molecule has 2 heterocycles. The van der Waals surface area contributed by atoms with Crippen molar-refractivity contribution >= 4 is 27.7 Å². The molecule has 4 rings (SSSR count). The molecule has 1 N–H and O–H groups in total. The van der Waals surface area contributed by atoms with Crippen molar-refractivity contribution in [2.45, 2.75) is 17.9 Å². The van der Waals surface area contributed by atoms with Crippen LogP contribution in [0.5, 0.6) is 0 Å². The highest BCUT2D eigenvalue weighted by Crippen LogP contribution is 2.23. The van der Waals surface area contributed by atoms with Gasteiger partial charge in [-0.05, 0) is 37.3 Å². The number of hydrogen-bond donors (Lipinski definition) is 1. The fourth-order valence-corrected chi connectivity index (χ4v) is 4.92. The first-order valence-corrected chi connectivity index (χ1v) is 11.4. The molecule has 0 radical (unpaired) electrons. The molecular formula is C21H20F2N4O4S. The lowest BCUT2D eigenvalue weighted by Crippen LogP contribution is -2.52. The van der Waals surface area contributed by atoms with Gasteiger partial charge in [0.1, 0.15) is 11.9 Å². The maximum Gasteiger partial charge on any atom is 0.263 e. The maximum absolute atomic E-state index is 13.4. The van der Waals surface area contributed by atoms with Crippen molar-refractivity contribution in [3.8, 4) is 0 Å². The van der Waals surface area contributed by atoms with Crippen LogP contribution in [0.2, 0.25) is 0 Å². The van der Waals surface area contributed by atoms with Gasteiger partial charge in [-0.15, -0.1) is 0 Å². The molecule has 2 aliphatic rings. The summed E-state index contributed by atoms with van der Waals surface area (Å²) < 4.78 is 53.3. The molecule has 0 spiro atoms. The number of amides is 2. The normalized spacial score (nSPS) is 19.4. The third kappa shape index (κ3) is 4.07. The first-order valence-electron chi connectivity index (χ1n) is 9.90. The molecule has 0 aliphatic carbocycles. The number of carbonyl (C=O) groups excluding carboxylic acids is 2. The van der Waals surface area contributed by atoms with Crippen molar-refractivity contribution in [1.82, 2.24) is 14.5 Å². The molecule has 1 atom stereocenters. The number of nitrogens with zero attached hydrogens (tertiary/aromatic N) is 3. The zero-order valence-electron chi connectivity index (χ0n) is 17.1. The molecule has 1 fully saturated rings. The van der Waals surface area contributed by atoms with Crippen molar-refractivity contribution in [2.75, 3.05) is 26.2 Å². The molecule has 2 amide bonds. The van der Waals surface area contributed by atoms with Gasteiger partial charge in [0.2, 0.25) is 5.91 Å². The minimum absolute atomic E-state index is 0.0376. The largest absolute Gasteiger partial charge is 0.337 e. The van der Waals surface area contributed by atoms with Crippen LogP contribution in [0.25, 0.3) is 0 Å². The number of benzene rings is 2. The number of hydrogen-bond acceptors (Lipinski definition) is 5. The summed E-state index contributed by atoms with van der Waals surface area (Å²) in [6.07, 6.45) is 0. The van der Waals surface area contributed by atoms with E-state index in [-0.39, 0.29) is 48.4 Å². The summed E-state index contributed by atoms with van der Waals surface area (Å²) in [5, 5.41) is 0. The lowest BCUT2D eigenvalue weighted by atomic mass is 10.1. The number of amidine groups is 1. The van der Waals surface area contributed by atoms with Crippen LogP contribution in [0.15, 0.2) is 52.4 Å². The summed E-state index contributed by atoms with van der Waals surface area (Å²) in [5.74, 6) is -2.75. The van der Waals surface area contributed by atoms with Gasteiger partial charge in [0.05, 0.1) is 4.90 Å². The van der Waals surface area contributed by atoms with Crippen molar-refractivity contribution < 1.29 is 26.8 Å². The van der Waals surface area contributed by atoms with E-state index in [0.717, 1.165) is 12.1 Å². The fourth-order valence-electron chi connectivity index (χ4n) is 3.68. The Kier molecular flexibility index (Phi) is 5.68. The second kappa shape index (κ2) is 8.30. The Morgan fingerprint density at radius 2 is 1.66 bits per heavy atom. The third-order valence-electron chi connectivity index (χ3n) is 5.39. The van der Waals surface area contributed by atoms with E-state index in [2.05, 4.69) is 9.71 Å². The number of carbonyl (C=O) groups is 2. The molecule has 0 saturated carbocycles. The van der Waals surface area contributed by atoms with Crippen LogP contribution in [0.3, 0.4) is 0 Å². The van der Waals surface area contributed by atoms with E-state index in [1.54, 1.807) is 30.0 Å². The van der Waals surface area contributed by atoms with E-state index >= 15 is 0 Å². The predicted molar refractivity (Wildman–Crippen MR) is 112 cm³/mol. The monoisotopic (exact) mass is 462 g/mol. The molecule has 11 heteroatoms. The lowest BCUT2D eigenvalue weighted by molar-refractivity contribution is -0.133. The van der Waals surface area contributed by atoms with Gasteiger partial charge in [-0.25, -0.2) is 17.2 Å². The lowest BCUT2D eigenvalue weighted by Gasteiger charge is -2.35. The summed E-state index contributed by atoms with van der Waals surface area (Å²) in [7, 11) is -3.70. The average Bonchev–Trinajstić information content (AvgIpc) is 3.04. The second-order valence-corrected chi connectivity index (χ2v) is 9.15. The van der Waals surface area contributed by atoms with Gasteiger partial charge in [0.25, 0.3) is 15.9 Å². The predicted octanol–water partition coefficient (Wildman–Crippen LogP) is 1.38. The van der Waals surface area contributed by atoms with Crippen molar-refractivity contribution in [3.05, 3.63) is 65.2 Å². The number of fused-ring (bicyclic) bond motifs is 1. The minimum Gasteiger partial charge on any atom is -0.337 e. The number of sulfonamides is 1. The van der Waals surface area contributed by atoms with Crippen LogP contribution in [-0.4, -0.2) is 68.1 Å². The number of piperazine rings is 1. The van der Waals surface area contributed by atoms with Crippen molar-refractivity contribution in [2.24, 2.45) is 4.99 Å². The quantitative estimate of drug-likeness (QED) is 0.745. The molecule has 1 saturated heterocycles. The minimum atomic E-state index is -3.70. The molecule has 8 nitrogen and oxygen atoms in total. The number of aliphatic imine (C=N–C) groups is 1. The summed E-state index contributed by atoms with van der Waals surface area (Å²) in [5.41, 5.74) is 0.449. The van der Waals surface area contributed by atoms with Crippen LogP contribution in [-0.2, 0) is 14.8 Å². The maximum atomic E-state index is 13.4. The summed E-state index contributed by atoms with van der Waals surface area (Å²) in [6.45, 7) is 2.51. The van der Waals surface area contributed by atoms with Crippen LogP contribution in [0.4, 0.5) is 8.78 Å².